The third-order valence-corrected chi connectivity index (χ3v) is 2.71. The Morgan fingerprint density at radius 1 is 1.17 bits per heavy atom. The van der Waals surface area contributed by atoms with Crippen LogP contribution in [-0.2, 0) is 6.54 Å². The van der Waals surface area contributed by atoms with Crippen LogP contribution in [0.4, 0.5) is 4.39 Å². The summed E-state index contributed by atoms with van der Waals surface area (Å²) in [5.74, 6) is -0.182. The number of hydrogen-bond acceptors (Lipinski definition) is 1. The summed E-state index contributed by atoms with van der Waals surface area (Å²) in [7, 11) is 0. The number of hydrogen-bond donors (Lipinski definition) is 1. The quantitative estimate of drug-likeness (QED) is 0.668. The van der Waals surface area contributed by atoms with Gasteiger partial charge in [-0.3, -0.25) is 4.99 Å². The Morgan fingerprint density at radius 3 is 2.67 bits per heavy atom. The number of halogens is 2. The Labute approximate surface area is 110 Å². The zero-order valence-corrected chi connectivity index (χ0v) is 10.4. The lowest BCUT2D eigenvalue weighted by molar-refractivity contribution is 0.625. The maximum absolute atomic E-state index is 13.4. The minimum atomic E-state index is -0.371. The lowest BCUT2D eigenvalue weighted by Gasteiger charge is -2.03. The van der Waals surface area contributed by atoms with Crippen molar-refractivity contribution in [3.8, 4) is 0 Å². The predicted molar refractivity (Wildman–Crippen MR) is 72.3 cm³/mol. The first-order valence-corrected chi connectivity index (χ1v) is 5.84. The zero-order valence-electron chi connectivity index (χ0n) is 9.61. The number of aliphatic imine (C=N–C) groups is 1. The van der Waals surface area contributed by atoms with Gasteiger partial charge in [-0.05, 0) is 29.8 Å². The molecule has 0 aromatic heterocycles. The first-order valence-electron chi connectivity index (χ1n) is 5.46. The average molecular weight is 263 g/mol. The van der Waals surface area contributed by atoms with Gasteiger partial charge in [0.05, 0.1) is 12.1 Å². The van der Waals surface area contributed by atoms with Crippen molar-refractivity contribution >= 4 is 17.4 Å². The SMILES string of the molecule is NC(=NCc1cccc(Cl)c1)c1ccccc1F. The van der Waals surface area contributed by atoms with E-state index in [1.807, 2.05) is 12.1 Å². The van der Waals surface area contributed by atoms with Gasteiger partial charge in [-0.15, -0.1) is 0 Å². The zero-order chi connectivity index (χ0) is 13.0. The van der Waals surface area contributed by atoms with Crippen LogP contribution in [0.2, 0.25) is 5.02 Å². The molecular weight excluding hydrogens is 251 g/mol. The number of amidine groups is 1. The fraction of sp³-hybridized carbons (Fsp3) is 0.0714. The second kappa shape index (κ2) is 5.65. The highest BCUT2D eigenvalue weighted by Gasteiger charge is 2.04. The van der Waals surface area contributed by atoms with Crippen molar-refractivity contribution in [2.45, 2.75) is 6.54 Å². The van der Waals surface area contributed by atoms with E-state index in [-0.39, 0.29) is 11.7 Å². The first kappa shape index (κ1) is 12.6. The minimum absolute atomic E-state index is 0.188. The van der Waals surface area contributed by atoms with E-state index in [1.54, 1.807) is 30.3 Å². The summed E-state index contributed by atoms with van der Waals surface area (Å²) >= 11 is 5.86. The predicted octanol–water partition coefficient (Wildman–Crippen LogP) is 3.38. The van der Waals surface area contributed by atoms with Crippen LogP contribution >= 0.6 is 11.6 Å². The van der Waals surface area contributed by atoms with Crippen LogP contribution in [0, 0.1) is 5.82 Å². The standard InChI is InChI=1S/C14H12ClFN2/c15-11-5-3-4-10(8-11)9-18-14(17)12-6-1-2-7-13(12)16/h1-8H,9H2,(H2,17,18). The summed E-state index contributed by atoms with van der Waals surface area (Å²) in [5, 5.41) is 0.646. The monoisotopic (exact) mass is 262 g/mol. The fourth-order valence-corrected chi connectivity index (χ4v) is 1.78. The first-order chi connectivity index (χ1) is 8.66. The molecule has 2 N–H and O–H groups in total. The van der Waals surface area contributed by atoms with Crippen molar-refractivity contribution in [3.05, 3.63) is 70.5 Å². The van der Waals surface area contributed by atoms with Gasteiger partial charge in [0.2, 0.25) is 0 Å². The lowest BCUT2D eigenvalue weighted by Crippen LogP contribution is -2.15. The molecule has 0 unspecified atom stereocenters. The summed E-state index contributed by atoms with van der Waals surface area (Å²) in [6.07, 6.45) is 0. The Hall–Kier alpha value is -1.87. The van der Waals surface area contributed by atoms with Gasteiger partial charge < -0.3 is 5.73 Å². The molecule has 2 nitrogen and oxygen atoms in total. The molecule has 0 bridgehead atoms. The van der Waals surface area contributed by atoms with Crippen molar-refractivity contribution in [3.63, 3.8) is 0 Å². The number of nitrogens with two attached hydrogens (primary N) is 1. The maximum Gasteiger partial charge on any atom is 0.134 e. The fourth-order valence-electron chi connectivity index (χ4n) is 1.57. The highest BCUT2D eigenvalue weighted by Crippen LogP contribution is 2.12. The molecule has 92 valence electrons. The largest absolute Gasteiger partial charge is 0.383 e. The average Bonchev–Trinajstić information content (AvgIpc) is 2.37. The Balaban J connectivity index is 2.17. The highest BCUT2D eigenvalue weighted by atomic mass is 35.5. The number of rotatable bonds is 3. The van der Waals surface area contributed by atoms with Gasteiger partial charge >= 0.3 is 0 Å². The van der Waals surface area contributed by atoms with Gasteiger partial charge in [0.1, 0.15) is 11.7 Å². The number of benzene rings is 2. The third-order valence-electron chi connectivity index (χ3n) is 2.47. The van der Waals surface area contributed by atoms with Gasteiger partial charge in [-0.25, -0.2) is 4.39 Å². The van der Waals surface area contributed by atoms with Crippen molar-refractivity contribution in [1.29, 1.82) is 0 Å². The molecule has 2 aromatic rings. The molecular formula is C14H12ClFN2. The van der Waals surface area contributed by atoms with Crippen LogP contribution in [0.5, 0.6) is 0 Å². The molecule has 0 heterocycles. The summed E-state index contributed by atoms with van der Waals surface area (Å²) in [4.78, 5) is 4.16. The molecule has 0 amide bonds. The van der Waals surface area contributed by atoms with Crippen LogP contribution in [0.25, 0.3) is 0 Å². The molecule has 0 aliphatic rings. The smallest absolute Gasteiger partial charge is 0.134 e. The molecule has 0 fully saturated rings. The van der Waals surface area contributed by atoms with Crippen molar-refractivity contribution in [2.75, 3.05) is 0 Å². The van der Waals surface area contributed by atoms with Crippen LogP contribution in [0.15, 0.2) is 53.5 Å². The Kier molecular flexibility index (Phi) is 3.95. The lowest BCUT2D eigenvalue weighted by atomic mass is 10.2. The molecule has 18 heavy (non-hydrogen) atoms. The van der Waals surface area contributed by atoms with Gasteiger partial charge in [0.15, 0.2) is 0 Å². The Morgan fingerprint density at radius 2 is 1.94 bits per heavy atom. The van der Waals surface area contributed by atoms with Gasteiger partial charge in [0.25, 0.3) is 0 Å². The van der Waals surface area contributed by atoms with Crippen molar-refractivity contribution < 1.29 is 4.39 Å². The van der Waals surface area contributed by atoms with E-state index in [4.69, 9.17) is 17.3 Å². The van der Waals surface area contributed by atoms with E-state index in [1.165, 1.54) is 6.07 Å². The molecule has 0 spiro atoms. The summed E-state index contributed by atoms with van der Waals surface area (Å²) in [6.45, 7) is 0.376. The van der Waals surface area contributed by atoms with E-state index in [2.05, 4.69) is 4.99 Å². The summed E-state index contributed by atoms with van der Waals surface area (Å²) in [5.41, 5.74) is 7.01. The van der Waals surface area contributed by atoms with Crippen LogP contribution in [0.1, 0.15) is 11.1 Å². The van der Waals surface area contributed by atoms with E-state index in [9.17, 15) is 4.39 Å². The number of nitrogens with zero attached hydrogens (tertiary/aromatic N) is 1. The third kappa shape index (κ3) is 3.08. The Bertz CT molecular complexity index is 582. The van der Waals surface area contributed by atoms with Gasteiger partial charge in [0, 0.05) is 5.02 Å². The van der Waals surface area contributed by atoms with Crippen molar-refractivity contribution in [1.82, 2.24) is 0 Å². The molecule has 2 aromatic carbocycles. The van der Waals surface area contributed by atoms with E-state index in [0.717, 1.165) is 5.56 Å². The van der Waals surface area contributed by atoms with Gasteiger partial charge in [-0.1, -0.05) is 35.9 Å². The highest BCUT2D eigenvalue weighted by molar-refractivity contribution is 6.30. The molecule has 0 radical (unpaired) electrons. The molecule has 0 aliphatic carbocycles. The van der Waals surface area contributed by atoms with Crippen LogP contribution in [-0.4, -0.2) is 5.84 Å². The molecule has 2 rings (SSSR count). The van der Waals surface area contributed by atoms with E-state index >= 15 is 0 Å². The molecule has 0 aliphatic heterocycles. The molecule has 0 saturated heterocycles. The summed E-state index contributed by atoms with van der Waals surface area (Å²) < 4.78 is 13.4. The van der Waals surface area contributed by atoms with Gasteiger partial charge in [-0.2, -0.15) is 0 Å². The minimum Gasteiger partial charge on any atom is -0.383 e. The topological polar surface area (TPSA) is 38.4 Å². The molecule has 4 heteroatoms. The summed E-state index contributed by atoms with van der Waals surface area (Å²) in [6, 6.07) is 13.6. The van der Waals surface area contributed by atoms with E-state index < -0.39 is 0 Å². The van der Waals surface area contributed by atoms with Crippen molar-refractivity contribution in [2.24, 2.45) is 10.7 Å². The second-order valence-corrected chi connectivity index (χ2v) is 4.25. The van der Waals surface area contributed by atoms with Crippen LogP contribution < -0.4 is 5.73 Å². The normalized spacial score (nSPS) is 11.6. The second-order valence-electron chi connectivity index (χ2n) is 3.81. The molecule has 0 saturated carbocycles. The van der Waals surface area contributed by atoms with Crippen LogP contribution in [0.3, 0.4) is 0 Å². The maximum atomic E-state index is 13.4. The molecule has 0 atom stereocenters. The van der Waals surface area contributed by atoms with E-state index in [0.29, 0.717) is 17.1 Å².